The van der Waals surface area contributed by atoms with E-state index in [4.69, 9.17) is 10.00 Å². The van der Waals surface area contributed by atoms with E-state index in [1.165, 1.54) is 30.9 Å². The zero-order chi connectivity index (χ0) is 22.6. The van der Waals surface area contributed by atoms with Gasteiger partial charge in [0.2, 0.25) is 5.95 Å². The first-order valence-corrected chi connectivity index (χ1v) is 11.7. The molecule has 0 bridgehead atoms. The van der Waals surface area contributed by atoms with Crippen molar-refractivity contribution >= 4 is 16.7 Å². The summed E-state index contributed by atoms with van der Waals surface area (Å²) < 4.78 is 21.8. The van der Waals surface area contributed by atoms with Crippen molar-refractivity contribution in [1.82, 2.24) is 19.7 Å². The molecular weight excluding hydrogens is 419 g/mol. The quantitative estimate of drug-likeness (QED) is 0.572. The first kappa shape index (κ1) is 20.6. The Hall–Kier alpha value is -3.02. The highest BCUT2D eigenvalue weighted by Gasteiger charge is 2.62. The van der Waals surface area contributed by atoms with Crippen molar-refractivity contribution in [2.75, 3.05) is 44.3 Å². The van der Waals surface area contributed by atoms with Crippen molar-refractivity contribution in [3.8, 4) is 12.3 Å². The number of anilines is 1. The maximum atomic E-state index is 14.6. The van der Waals surface area contributed by atoms with Crippen LogP contribution in [0.1, 0.15) is 30.7 Å². The van der Waals surface area contributed by atoms with E-state index < -0.39 is 5.95 Å². The molecule has 2 aliphatic heterocycles. The van der Waals surface area contributed by atoms with Crippen LogP contribution in [-0.4, -0.2) is 65.1 Å². The Bertz CT molecular complexity index is 1210. The number of piperazine rings is 1. The Morgan fingerprint density at radius 2 is 1.85 bits per heavy atom. The highest BCUT2D eigenvalue weighted by Crippen LogP contribution is 2.75. The van der Waals surface area contributed by atoms with Crippen molar-refractivity contribution in [3.05, 3.63) is 48.0 Å². The topological polar surface area (TPSA) is 70.2 Å². The van der Waals surface area contributed by atoms with Gasteiger partial charge >= 0.3 is 0 Å². The van der Waals surface area contributed by atoms with E-state index in [-0.39, 0.29) is 0 Å². The summed E-state index contributed by atoms with van der Waals surface area (Å²) in [6.07, 6.45) is 5.93. The number of hydrogen-bond acceptors (Lipinski definition) is 6. The van der Waals surface area contributed by atoms with Gasteiger partial charge in [-0.05, 0) is 42.2 Å². The number of nitriles is 1. The summed E-state index contributed by atoms with van der Waals surface area (Å²) in [5, 5.41) is 12.2. The molecule has 3 aromatic rings. The van der Waals surface area contributed by atoms with Crippen molar-refractivity contribution in [3.63, 3.8) is 0 Å². The minimum Gasteiger partial charge on any atom is -0.378 e. The van der Waals surface area contributed by atoms with Gasteiger partial charge in [-0.3, -0.25) is 4.90 Å². The molecule has 7 rings (SSSR count). The average molecular weight is 447 g/mol. The minimum absolute atomic E-state index is 0.457. The van der Waals surface area contributed by atoms with E-state index >= 15 is 0 Å². The molecule has 33 heavy (non-hydrogen) atoms. The number of aromatic nitrogens is 3. The maximum Gasteiger partial charge on any atom is 0.216 e. The lowest BCUT2D eigenvalue weighted by atomic mass is 10.1. The normalized spacial score (nSPS) is 23.7. The molecule has 1 unspecified atom stereocenters. The molecule has 2 saturated heterocycles. The molecule has 7 nitrogen and oxygen atoms in total. The summed E-state index contributed by atoms with van der Waals surface area (Å²) >= 11 is 0. The van der Waals surface area contributed by atoms with Crippen molar-refractivity contribution < 1.29 is 9.13 Å². The number of nitrogens with zero attached hydrogens (tertiary/aromatic N) is 6. The molecule has 4 heterocycles. The molecule has 0 amide bonds. The number of rotatable bonds is 4. The Balaban J connectivity index is 0.00000101. The number of pyridine rings is 1. The van der Waals surface area contributed by atoms with Crippen LogP contribution >= 0.6 is 0 Å². The molecule has 4 fully saturated rings. The van der Waals surface area contributed by atoms with Crippen LogP contribution in [0.3, 0.4) is 0 Å². The van der Waals surface area contributed by atoms with E-state index in [1.807, 2.05) is 16.9 Å². The Morgan fingerprint density at radius 3 is 2.52 bits per heavy atom. The van der Waals surface area contributed by atoms with Gasteiger partial charge in [-0.1, -0.05) is 12.1 Å². The highest BCUT2D eigenvalue weighted by atomic mass is 19.1. The fraction of sp³-hybridized carbons (Fsp3) is 0.480. The van der Waals surface area contributed by atoms with Gasteiger partial charge in [-0.15, -0.1) is 0 Å². The smallest absolute Gasteiger partial charge is 0.216 e. The molecule has 8 heteroatoms. The fourth-order valence-electron chi connectivity index (χ4n) is 5.49. The third kappa shape index (κ3) is 3.56. The van der Waals surface area contributed by atoms with E-state index in [1.54, 1.807) is 0 Å². The number of hydrogen-bond donors (Lipinski definition) is 0. The van der Waals surface area contributed by atoms with Crippen molar-refractivity contribution in [2.45, 2.75) is 31.2 Å². The highest BCUT2D eigenvalue weighted by molar-refractivity contribution is 5.81. The SMILES string of the molecule is C#N.Fc1cc(-n2ncc3ccc(C4CC45CC5)cc32)cc(N2CCN(C3COC3)CC2)n1. The number of fused-ring (bicyclic) bond motifs is 1. The van der Waals surface area contributed by atoms with Crippen LogP contribution in [0, 0.1) is 23.2 Å². The van der Waals surface area contributed by atoms with E-state index in [0.717, 1.165) is 56.0 Å². The molecule has 1 aromatic carbocycles. The lowest BCUT2D eigenvalue weighted by Crippen LogP contribution is -2.56. The van der Waals surface area contributed by atoms with Crippen LogP contribution in [0.25, 0.3) is 16.6 Å². The zero-order valence-corrected chi connectivity index (χ0v) is 18.5. The summed E-state index contributed by atoms with van der Waals surface area (Å²) in [4.78, 5) is 8.86. The second kappa shape index (κ2) is 7.79. The van der Waals surface area contributed by atoms with Gasteiger partial charge < -0.3 is 9.64 Å². The fourth-order valence-corrected chi connectivity index (χ4v) is 5.49. The molecular formula is C25H27FN6O. The Labute approximate surface area is 192 Å². The second-order valence-corrected chi connectivity index (χ2v) is 9.71. The molecule has 170 valence electrons. The summed E-state index contributed by atoms with van der Waals surface area (Å²) in [5.74, 6) is 0.932. The molecule has 1 atom stereocenters. The minimum atomic E-state index is -0.457. The summed E-state index contributed by atoms with van der Waals surface area (Å²) in [6, 6.07) is 10.7. The standard InChI is InChI=1S/C24H26FN5O.CHN/c25-22-10-18(11-23(27-22)29-7-5-28(6-8-29)19-14-31-15-19)30-21-9-16(1-2-17(21)13-26-30)20-12-24(20)3-4-24;1-2/h1-2,9-11,13,19-20H,3-8,12,14-15H2;1H. The third-order valence-corrected chi connectivity index (χ3v) is 7.86. The van der Waals surface area contributed by atoms with E-state index in [2.05, 4.69) is 44.7 Å². The van der Waals surface area contributed by atoms with Gasteiger partial charge in [0.05, 0.1) is 36.7 Å². The van der Waals surface area contributed by atoms with Crippen molar-refractivity contribution in [2.24, 2.45) is 5.41 Å². The van der Waals surface area contributed by atoms with Gasteiger partial charge in [-0.2, -0.15) is 9.49 Å². The van der Waals surface area contributed by atoms with Gasteiger partial charge in [0, 0.05) is 50.3 Å². The molecule has 0 N–H and O–H groups in total. The van der Waals surface area contributed by atoms with Crippen LogP contribution in [0.15, 0.2) is 36.5 Å². The second-order valence-electron chi connectivity index (χ2n) is 9.71. The lowest BCUT2D eigenvalue weighted by Gasteiger charge is -2.42. The van der Waals surface area contributed by atoms with Crippen LogP contribution in [0.5, 0.6) is 0 Å². The van der Waals surface area contributed by atoms with Crippen LogP contribution in [0.2, 0.25) is 0 Å². The van der Waals surface area contributed by atoms with E-state index in [9.17, 15) is 4.39 Å². The molecule has 4 aliphatic rings. The van der Waals surface area contributed by atoms with E-state index in [0.29, 0.717) is 23.2 Å². The predicted octanol–water partition coefficient (Wildman–Crippen LogP) is 3.49. The molecule has 2 aliphatic carbocycles. The zero-order valence-electron chi connectivity index (χ0n) is 18.5. The number of ether oxygens (including phenoxy) is 1. The van der Waals surface area contributed by atoms with Crippen LogP contribution < -0.4 is 4.90 Å². The van der Waals surface area contributed by atoms with Gasteiger partial charge in [0.25, 0.3) is 0 Å². The monoisotopic (exact) mass is 446 g/mol. The number of benzene rings is 1. The van der Waals surface area contributed by atoms with Crippen LogP contribution in [0.4, 0.5) is 10.2 Å². The number of halogens is 1. The van der Waals surface area contributed by atoms with Gasteiger partial charge in [0.15, 0.2) is 0 Å². The largest absolute Gasteiger partial charge is 0.378 e. The first-order chi connectivity index (χ1) is 16.2. The molecule has 2 aromatic heterocycles. The Kier molecular flexibility index (Phi) is 4.86. The summed E-state index contributed by atoms with van der Waals surface area (Å²) in [7, 11) is 0. The molecule has 1 spiro atoms. The van der Waals surface area contributed by atoms with Gasteiger partial charge in [-0.25, -0.2) is 14.9 Å². The molecule has 0 radical (unpaired) electrons. The summed E-state index contributed by atoms with van der Waals surface area (Å²) in [5.41, 5.74) is 3.80. The summed E-state index contributed by atoms with van der Waals surface area (Å²) in [6.45, 7) is 8.77. The Morgan fingerprint density at radius 1 is 1.06 bits per heavy atom. The third-order valence-electron chi connectivity index (χ3n) is 7.86. The predicted molar refractivity (Wildman–Crippen MR) is 123 cm³/mol. The first-order valence-electron chi connectivity index (χ1n) is 11.7. The van der Waals surface area contributed by atoms with Gasteiger partial charge in [0.1, 0.15) is 5.82 Å². The average Bonchev–Trinajstić information content (AvgIpc) is 3.70. The van der Waals surface area contributed by atoms with Crippen molar-refractivity contribution in [1.29, 1.82) is 5.26 Å². The maximum absolute atomic E-state index is 14.6. The van der Waals surface area contributed by atoms with Crippen LogP contribution in [-0.2, 0) is 4.74 Å². The lowest BCUT2D eigenvalue weighted by molar-refractivity contribution is -0.0661. The molecule has 2 saturated carbocycles.